The smallest absolute Gasteiger partial charge is 0.223 e. The summed E-state index contributed by atoms with van der Waals surface area (Å²) in [6, 6.07) is 0. The average molecular weight is 294 g/mol. The molecule has 3 rings (SSSR count). The van der Waals surface area contributed by atoms with E-state index in [0.29, 0.717) is 35.2 Å². The quantitative estimate of drug-likeness (QED) is 0.613. The van der Waals surface area contributed by atoms with Crippen molar-refractivity contribution < 1.29 is 13.5 Å². The van der Waals surface area contributed by atoms with Crippen molar-refractivity contribution in [1.29, 1.82) is 0 Å². The first-order chi connectivity index (χ1) is 9.86. The third-order valence-electron chi connectivity index (χ3n) is 1.89. The molecule has 0 radical (unpaired) electrons. The molecule has 9 nitrogen and oxygen atoms in total. The molecule has 0 aliphatic carbocycles. The minimum atomic E-state index is 0.623. The first kappa shape index (κ1) is 16.5. The van der Waals surface area contributed by atoms with E-state index >= 15 is 0 Å². The fraction of sp³-hybridized carbons (Fsp3) is 0.500. The number of hydrogen-bond acceptors (Lipinski definition) is 9. The van der Waals surface area contributed by atoms with Crippen LogP contribution in [0.15, 0.2) is 13.5 Å². The highest BCUT2D eigenvalue weighted by Crippen LogP contribution is 1.92. The minimum Gasteiger partial charge on any atom is -0.426 e. The van der Waals surface area contributed by atoms with Crippen molar-refractivity contribution in [2.45, 2.75) is 41.5 Å². The van der Waals surface area contributed by atoms with Gasteiger partial charge in [0.15, 0.2) is 11.6 Å². The van der Waals surface area contributed by atoms with Crippen LogP contribution in [0.1, 0.15) is 35.2 Å². The van der Waals surface area contributed by atoms with Gasteiger partial charge < -0.3 is 13.5 Å². The van der Waals surface area contributed by atoms with Crippen LogP contribution in [0, 0.1) is 41.5 Å². The third kappa shape index (κ3) is 6.95. The zero-order chi connectivity index (χ0) is 15.8. The van der Waals surface area contributed by atoms with Gasteiger partial charge in [0.2, 0.25) is 23.6 Å². The Bertz CT molecular complexity index is 517. The number of hydrogen-bond donors (Lipinski definition) is 0. The summed E-state index contributed by atoms with van der Waals surface area (Å²) in [6.07, 6.45) is 0. The van der Waals surface area contributed by atoms with Gasteiger partial charge in [-0.3, -0.25) is 0 Å². The summed E-state index contributed by atoms with van der Waals surface area (Å²) in [5.74, 6) is 3.88. The highest BCUT2D eigenvalue weighted by atomic mass is 16.5. The molecule has 0 aliphatic heterocycles. The molecule has 0 aromatic carbocycles. The predicted molar refractivity (Wildman–Crippen MR) is 71.3 cm³/mol. The molecule has 0 fully saturated rings. The molecule has 0 aliphatic rings. The van der Waals surface area contributed by atoms with Gasteiger partial charge >= 0.3 is 0 Å². The van der Waals surface area contributed by atoms with E-state index in [1.54, 1.807) is 41.5 Å². The van der Waals surface area contributed by atoms with Crippen LogP contribution in [-0.4, -0.2) is 30.5 Å². The highest BCUT2D eigenvalue weighted by Gasteiger charge is 1.91. The predicted octanol–water partition coefficient (Wildman–Crippen LogP) is 2.06. The average Bonchev–Trinajstić information content (AvgIpc) is 3.06. The van der Waals surface area contributed by atoms with Crippen molar-refractivity contribution in [3.05, 3.63) is 35.2 Å². The first-order valence-electron chi connectivity index (χ1n) is 6.17. The molecule has 0 saturated carbocycles. The summed E-state index contributed by atoms with van der Waals surface area (Å²) in [4.78, 5) is 7.67. The molecule has 3 aromatic heterocycles. The molecule has 0 amide bonds. The van der Waals surface area contributed by atoms with Gasteiger partial charge in [0.05, 0.1) is 0 Å². The Labute approximate surface area is 121 Å². The maximum atomic E-state index is 4.86. The van der Waals surface area contributed by atoms with Gasteiger partial charge in [0, 0.05) is 27.7 Å². The molecule has 0 saturated heterocycles. The van der Waals surface area contributed by atoms with Crippen molar-refractivity contribution in [3.8, 4) is 0 Å². The molecular formula is C12H18N6O3. The van der Waals surface area contributed by atoms with E-state index < -0.39 is 0 Å². The fourth-order valence-electron chi connectivity index (χ4n) is 1.20. The van der Waals surface area contributed by atoms with Crippen LogP contribution in [0.4, 0.5) is 0 Å². The van der Waals surface area contributed by atoms with E-state index in [-0.39, 0.29) is 0 Å². The van der Waals surface area contributed by atoms with Crippen molar-refractivity contribution in [1.82, 2.24) is 30.5 Å². The van der Waals surface area contributed by atoms with Gasteiger partial charge in [0.25, 0.3) is 0 Å². The van der Waals surface area contributed by atoms with Crippen LogP contribution in [0.5, 0.6) is 0 Å². The SMILES string of the molecule is Cc1nnc(C)o1.Cc1noc(C)n1.Cc1noc(C)n1. The molecular weight excluding hydrogens is 276 g/mol. The van der Waals surface area contributed by atoms with Gasteiger partial charge in [-0.05, 0) is 13.8 Å². The van der Waals surface area contributed by atoms with Crippen molar-refractivity contribution in [2.24, 2.45) is 0 Å². The summed E-state index contributed by atoms with van der Waals surface area (Å²) in [7, 11) is 0. The second-order valence-electron chi connectivity index (χ2n) is 4.06. The number of aromatic nitrogens is 6. The van der Waals surface area contributed by atoms with E-state index in [4.69, 9.17) is 4.42 Å². The van der Waals surface area contributed by atoms with E-state index in [0.717, 1.165) is 0 Å². The Morgan fingerprint density at radius 1 is 0.571 bits per heavy atom. The second-order valence-corrected chi connectivity index (χ2v) is 4.06. The van der Waals surface area contributed by atoms with Crippen LogP contribution in [0.3, 0.4) is 0 Å². The zero-order valence-corrected chi connectivity index (χ0v) is 12.9. The largest absolute Gasteiger partial charge is 0.426 e. The lowest BCUT2D eigenvalue weighted by Crippen LogP contribution is -1.70. The molecule has 0 bridgehead atoms. The van der Waals surface area contributed by atoms with Crippen LogP contribution in [0.25, 0.3) is 0 Å². The maximum Gasteiger partial charge on any atom is 0.223 e. The Morgan fingerprint density at radius 3 is 1.05 bits per heavy atom. The lowest BCUT2D eigenvalue weighted by atomic mass is 10.7. The van der Waals surface area contributed by atoms with Gasteiger partial charge in [-0.15, -0.1) is 10.2 Å². The van der Waals surface area contributed by atoms with Crippen molar-refractivity contribution in [2.75, 3.05) is 0 Å². The zero-order valence-electron chi connectivity index (χ0n) is 12.9. The molecule has 9 heteroatoms. The molecule has 0 unspecified atom stereocenters. The van der Waals surface area contributed by atoms with Crippen LogP contribution >= 0.6 is 0 Å². The molecule has 114 valence electrons. The standard InChI is InChI=1S/3C4H6N2O/c1-3-5-6-4(2)7-3;2*1-3-5-4(2)7-6-3/h3*1-2H3. The van der Waals surface area contributed by atoms with Crippen molar-refractivity contribution >= 4 is 0 Å². The Kier molecular flexibility index (Phi) is 6.18. The topological polar surface area (TPSA) is 117 Å². The van der Waals surface area contributed by atoms with Crippen LogP contribution in [0.2, 0.25) is 0 Å². The molecule has 0 spiro atoms. The number of aryl methyl sites for hydroxylation is 6. The molecule has 0 N–H and O–H groups in total. The van der Waals surface area contributed by atoms with Gasteiger partial charge in [-0.25, -0.2) is 0 Å². The molecule has 3 heterocycles. The normalized spacial score (nSPS) is 9.43. The summed E-state index contributed by atoms with van der Waals surface area (Å²) < 4.78 is 14.1. The van der Waals surface area contributed by atoms with Crippen LogP contribution < -0.4 is 0 Å². The Morgan fingerprint density at radius 2 is 0.952 bits per heavy atom. The highest BCUT2D eigenvalue weighted by molar-refractivity contribution is 4.78. The number of rotatable bonds is 0. The lowest BCUT2D eigenvalue weighted by Gasteiger charge is -1.70. The van der Waals surface area contributed by atoms with Crippen molar-refractivity contribution in [3.63, 3.8) is 0 Å². The monoisotopic (exact) mass is 294 g/mol. The van der Waals surface area contributed by atoms with Crippen LogP contribution in [-0.2, 0) is 0 Å². The minimum absolute atomic E-state index is 0.623. The van der Waals surface area contributed by atoms with E-state index in [2.05, 4.69) is 39.5 Å². The summed E-state index contributed by atoms with van der Waals surface area (Å²) in [5, 5.41) is 14.3. The lowest BCUT2D eigenvalue weighted by molar-refractivity contribution is 0.389. The molecule has 0 atom stereocenters. The second kappa shape index (κ2) is 7.88. The molecule has 3 aromatic rings. The Balaban J connectivity index is 0.000000157. The van der Waals surface area contributed by atoms with E-state index in [1.807, 2.05) is 0 Å². The van der Waals surface area contributed by atoms with Gasteiger partial charge in [-0.2, -0.15) is 9.97 Å². The number of nitrogens with zero attached hydrogens (tertiary/aromatic N) is 6. The van der Waals surface area contributed by atoms with Gasteiger partial charge in [0.1, 0.15) is 0 Å². The third-order valence-corrected chi connectivity index (χ3v) is 1.89. The summed E-state index contributed by atoms with van der Waals surface area (Å²) in [6.45, 7) is 10.6. The van der Waals surface area contributed by atoms with E-state index in [9.17, 15) is 0 Å². The maximum absolute atomic E-state index is 4.86. The van der Waals surface area contributed by atoms with E-state index in [1.165, 1.54) is 0 Å². The summed E-state index contributed by atoms with van der Waals surface area (Å²) in [5.41, 5.74) is 0. The fourth-order valence-corrected chi connectivity index (χ4v) is 1.20. The first-order valence-corrected chi connectivity index (χ1v) is 6.17. The molecule has 21 heavy (non-hydrogen) atoms. The van der Waals surface area contributed by atoms with Gasteiger partial charge in [-0.1, -0.05) is 10.3 Å². The summed E-state index contributed by atoms with van der Waals surface area (Å²) >= 11 is 0. The Hall–Kier alpha value is -2.58.